The summed E-state index contributed by atoms with van der Waals surface area (Å²) in [6.07, 6.45) is 0. The monoisotopic (exact) mass is 450 g/mol. The van der Waals surface area contributed by atoms with Gasteiger partial charge in [0.05, 0.1) is 38.6 Å². The predicted octanol–water partition coefficient (Wildman–Crippen LogP) is 5.37. The van der Waals surface area contributed by atoms with Crippen LogP contribution in [0.15, 0.2) is 66.7 Å². The number of nitrogens with zero attached hydrogens (tertiary/aromatic N) is 1. The zero-order valence-electron chi connectivity index (χ0n) is 18.6. The van der Waals surface area contributed by atoms with Gasteiger partial charge in [-0.1, -0.05) is 30.3 Å². The fourth-order valence-electron chi connectivity index (χ4n) is 3.62. The molecule has 3 aromatic carbocycles. The molecule has 1 aliphatic rings. The number of hydrogen-bond acceptors (Lipinski definition) is 4. The average molecular weight is 451 g/mol. The quantitative estimate of drug-likeness (QED) is 0.526. The second-order valence-corrected chi connectivity index (χ2v) is 7.69. The topological polar surface area (TPSA) is 60.0 Å². The number of hydrogen-bond donors (Lipinski definition) is 1. The Balaban J connectivity index is 1.39. The average Bonchev–Trinajstić information content (AvgIpc) is 3.04. The number of para-hydroxylation sites is 2. The van der Waals surface area contributed by atoms with Crippen LogP contribution in [0.3, 0.4) is 0 Å². The standard InChI is InChI=1S/C26H27FN2O4/c1-2-32-25-6-4-3-5-23(25)28-26(30)29-13-14-33-24-12-9-20(15-21(24)16-29)18-31-17-19-7-10-22(27)11-8-19/h3-12,15H,2,13-14,16-18H2,1H3,(H,28,30). The van der Waals surface area contributed by atoms with E-state index in [1.807, 2.05) is 49.4 Å². The summed E-state index contributed by atoms with van der Waals surface area (Å²) in [6.45, 7) is 4.51. The van der Waals surface area contributed by atoms with Crippen LogP contribution in [0, 0.1) is 5.82 Å². The fourth-order valence-corrected chi connectivity index (χ4v) is 3.62. The maximum atomic E-state index is 13.0. The summed E-state index contributed by atoms with van der Waals surface area (Å²) in [5.41, 5.74) is 3.44. The summed E-state index contributed by atoms with van der Waals surface area (Å²) >= 11 is 0. The first-order valence-corrected chi connectivity index (χ1v) is 11.0. The van der Waals surface area contributed by atoms with Gasteiger partial charge < -0.3 is 24.4 Å². The Morgan fingerprint density at radius 2 is 1.82 bits per heavy atom. The molecule has 3 aromatic rings. The SMILES string of the molecule is CCOc1ccccc1NC(=O)N1CCOc2ccc(COCc3ccc(F)cc3)cc2C1. The molecule has 33 heavy (non-hydrogen) atoms. The van der Waals surface area contributed by atoms with Crippen molar-refractivity contribution in [1.29, 1.82) is 0 Å². The van der Waals surface area contributed by atoms with Crippen molar-refractivity contribution >= 4 is 11.7 Å². The van der Waals surface area contributed by atoms with E-state index >= 15 is 0 Å². The first kappa shape index (κ1) is 22.6. The van der Waals surface area contributed by atoms with Crippen molar-refractivity contribution in [2.45, 2.75) is 26.7 Å². The van der Waals surface area contributed by atoms with Gasteiger partial charge in [-0.2, -0.15) is 0 Å². The van der Waals surface area contributed by atoms with Gasteiger partial charge in [0.1, 0.15) is 23.9 Å². The molecular formula is C26H27FN2O4. The van der Waals surface area contributed by atoms with Gasteiger partial charge in [-0.15, -0.1) is 0 Å². The molecule has 0 aliphatic carbocycles. The Labute approximate surface area is 192 Å². The number of halogens is 1. The molecule has 172 valence electrons. The van der Waals surface area contributed by atoms with Crippen molar-refractivity contribution in [2.24, 2.45) is 0 Å². The molecule has 0 spiro atoms. The lowest BCUT2D eigenvalue weighted by Crippen LogP contribution is -2.36. The van der Waals surface area contributed by atoms with E-state index in [0.29, 0.717) is 51.0 Å². The van der Waals surface area contributed by atoms with Crippen LogP contribution < -0.4 is 14.8 Å². The van der Waals surface area contributed by atoms with Gasteiger partial charge in [0.2, 0.25) is 0 Å². The Kier molecular flexibility index (Phi) is 7.42. The Hall–Kier alpha value is -3.58. The second kappa shape index (κ2) is 10.8. The zero-order valence-corrected chi connectivity index (χ0v) is 18.6. The van der Waals surface area contributed by atoms with Gasteiger partial charge >= 0.3 is 6.03 Å². The van der Waals surface area contributed by atoms with Crippen LogP contribution in [-0.2, 0) is 24.5 Å². The van der Waals surface area contributed by atoms with Crippen molar-refractivity contribution in [1.82, 2.24) is 4.90 Å². The summed E-state index contributed by atoms with van der Waals surface area (Å²) < 4.78 is 30.3. The maximum Gasteiger partial charge on any atom is 0.322 e. The highest BCUT2D eigenvalue weighted by Crippen LogP contribution is 2.27. The normalized spacial score (nSPS) is 13.0. The molecule has 1 N–H and O–H groups in total. The smallest absolute Gasteiger partial charge is 0.322 e. The van der Waals surface area contributed by atoms with Crippen molar-refractivity contribution in [3.63, 3.8) is 0 Å². The van der Waals surface area contributed by atoms with Gasteiger partial charge in [-0.3, -0.25) is 0 Å². The summed E-state index contributed by atoms with van der Waals surface area (Å²) in [6, 6.07) is 19.3. The van der Waals surface area contributed by atoms with E-state index in [4.69, 9.17) is 14.2 Å². The van der Waals surface area contributed by atoms with Crippen LogP contribution in [0.2, 0.25) is 0 Å². The summed E-state index contributed by atoms with van der Waals surface area (Å²) in [5, 5.41) is 2.95. The lowest BCUT2D eigenvalue weighted by atomic mass is 10.1. The van der Waals surface area contributed by atoms with E-state index in [1.165, 1.54) is 12.1 Å². The molecule has 0 saturated heterocycles. The molecule has 0 radical (unpaired) electrons. The summed E-state index contributed by atoms with van der Waals surface area (Å²) in [4.78, 5) is 14.7. The van der Waals surface area contributed by atoms with E-state index < -0.39 is 0 Å². The predicted molar refractivity (Wildman–Crippen MR) is 124 cm³/mol. The van der Waals surface area contributed by atoms with Crippen LogP contribution in [-0.4, -0.2) is 30.7 Å². The van der Waals surface area contributed by atoms with Crippen LogP contribution in [0.1, 0.15) is 23.6 Å². The van der Waals surface area contributed by atoms with Gasteiger partial charge in [-0.05, 0) is 54.4 Å². The number of urea groups is 1. The zero-order chi connectivity index (χ0) is 23.0. The first-order chi connectivity index (χ1) is 16.1. The summed E-state index contributed by atoms with van der Waals surface area (Å²) in [7, 11) is 0. The minimum Gasteiger partial charge on any atom is -0.492 e. The number of rotatable bonds is 7. The number of carbonyl (C=O) groups excluding carboxylic acids is 1. The lowest BCUT2D eigenvalue weighted by molar-refractivity contribution is 0.107. The minimum absolute atomic E-state index is 0.212. The highest BCUT2D eigenvalue weighted by atomic mass is 19.1. The molecule has 1 heterocycles. The number of carbonyl (C=O) groups is 1. The van der Waals surface area contributed by atoms with Crippen LogP contribution in [0.4, 0.5) is 14.9 Å². The van der Waals surface area contributed by atoms with E-state index in [-0.39, 0.29) is 11.8 Å². The van der Waals surface area contributed by atoms with Gasteiger partial charge in [0.25, 0.3) is 0 Å². The molecule has 6 nitrogen and oxygen atoms in total. The third kappa shape index (κ3) is 6.02. The van der Waals surface area contributed by atoms with Crippen molar-refractivity contribution in [3.05, 3.63) is 89.2 Å². The number of ether oxygens (including phenoxy) is 3. The lowest BCUT2D eigenvalue weighted by Gasteiger charge is -2.21. The number of amides is 2. The van der Waals surface area contributed by atoms with Crippen molar-refractivity contribution in [2.75, 3.05) is 25.1 Å². The van der Waals surface area contributed by atoms with Crippen LogP contribution >= 0.6 is 0 Å². The van der Waals surface area contributed by atoms with Gasteiger partial charge in [0, 0.05) is 5.56 Å². The largest absolute Gasteiger partial charge is 0.492 e. The molecule has 0 bridgehead atoms. The molecule has 2 amide bonds. The van der Waals surface area contributed by atoms with Crippen molar-refractivity contribution < 1.29 is 23.4 Å². The molecule has 1 aliphatic heterocycles. The third-order valence-electron chi connectivity index (χ3n) is 5.27. The van der Waals surface area contributed by atoms with E-state index in [0.717, 1.165) is 22.4 Å². The van der Waals surface area contributed by atoms with E-state index in [1.54, 1.807) is 17.0 Å². The molecule has 0 atom stereocenters. The number of nitrogens with one attached hydrogen (secondary N) is 1. The fraction of sp³-hybridized carbons (Fsp3) is 0.269. The summed E-state index contributed by atoms with van der Waals surface area (Å²) in [5.74, 6) is 1.14. The van der Waals surface area contributed by atoms with Crippen molar-refractivity contribution in [3.8, 4) is 11.5 Å². The maximum absolute atomic E-state index is 13.0. The molecule has 0 fully saturated rings. The van der Waals surface area contributed by atoms with Gasteiger partial charge in [0.15, 0.2) is 0 Å². The third-order valence-corrected chi connectivity index (χ3v) is 5.27. The molecule has 7 heteroatoms. The van der Waals surface area contributed by atoms with E-state index in [9.17, 15) is 9.18 Å². The second-order valence-electron chi connectivity index (χ2n) is 7.69. The molecule has 0 unspecified atom stereocenters. The first-order valence-electron chi connectivity index (χ1n) is 11.0. The Bertz CT molecular complexity index is 1090. The van der Waals surface area contributed by atoms with Crippen LogP contribution in [0.25, 0.3) is 0 Å². The molecular weight excluding hydrogens is 423 g/mol. The minimum atomic E-state index is -0.264. The number of anilines is 1. The highest BCUT2D eigenvalue weighted by molar-refractivity contribution is 5.91. The van der Waals surface area contributed by atoms with E-state index in [2.05, 4.69) is 5.32 Å². The van der Waals surface area contributed by atoms with Gasteiger partial charge in [-0.25, -0.2) is 9.18 Å². The Morgan fingerprint density at radius 1 is 1.06 bits per heavy atom. The molecule has 4 rings (SSSR count). The molecule has 0 aromatic heterocycles. The molecule has 0 saturated carbocycles. The number of fused-ring (bicyclic) bond motifs is 1. The van der Waals surface area contributed by atoms with Crippen LogP contribution in [0.5, 0.6) is 11.5 Å². The number of benzene rings is 3. The highest BCUT2D eigenvalue weighted by Gasteiger charge is 2.21. The Morgan fingerprint density at radius 3 is 2.64 bits per heavy atom.